The van der Waals surface area contributed by atoms with Crippen LogP contribution in [0.15, 0.2) is 209 Å². The summed E-state index contributed by atoms with van der Waals surface area (Å²) >= 11 is 0. The van der Waals surface area contributed by atoms with Gasteiger partial charge in [-0.3, -0.25) is 0 Å². The van der Waals surface area contributed by atoms with Gasteiger partial charge in [-0.25, -0.2) is 9.98 Å². The van der Waals surface area contributed by atoms with Gasteiger partial charge in [0.25, 0.3) is 0 Å². The van der Waals surface area contributed by atoms with Crippen LogP contribution in [0.1, 0.15) is 22.9 Å². The third-order valence-electron chi connectivity index (χ3n) is 10.9. The first kappa shape index (κ1) is 32.0. The van der Waals surface area contributed by atoms with E-state index < -0.39 is 0 Å². The summed E-state index contributed by atoms with van der Waals surface area (Å²) in [4.78, 5) is 10.0. The first-order valence-electron chi connectivity index (χ1n) is 18.9. The van der Waals surface area contributed by atoms with E-state index in [1.807, 2.05) is 36.4 Å². The van der Waals surface area contributed by atoms with Gasteiger partial charge in [0.15, 0.2) is 5.84 Å². The SMILES string of the molecule is c1ccc(C2=NC(c3ccccc3)NC(c3ccc4c(c3)oc3cc(-n5c6cc(-c7ccccc7)ccc6c6ccc(-c7ccccc7)cc65)ccc34)=N2)cc1. The molecule has 0 amide bonds. The average Bonchev–Trinajstić information content (AvgIpc) is 3.81. The lowest BCUT2D eigenvalue weighted by molar-refractivity contribution is 0.666. The van der Waals surface area contributed by atoms with Gasteiger partial charge in [0, 0.05) is 44.4 Å². The van der Waals surface area contributed by atoms with Crippen LogP contribution < -0.4 is 5.32 Å². The summed E-state index contributed by atoms with van der Waals surface area (Å²) in [5.41, 5.74) is 12.7. The summed E-state index contributed by atoms with van der Waals surface area (Å²) in [7, 11) is 0. The molecule has 1 aliphatic heterocycles. The minimum atomic E-state index is -0.274. The van der Waals surface area contributed by atoms with Gasteiger partial charge in [-0.1, -0.05) is 152 Å². The molecule has 1 N–H and O–H groups in total. The molecule has 1 unspecified atom stereocenters. The molecule has 0 radical (unpaired) electrons. The van der Waals surface area contributed by atoms with Crippen molar-refractivity contribution in [2.24, 2.45) is 9.98 Å². The highest BCUT2D eigenvalue weighted by Crippen LogP contribution is 2.39. The fourth-order valence-electron chi connectivity index (χ4n) is 8.09. The van der Waals surface area contributed by atoms with Gasteiger partial charge < -0.3 is 14.3 Å². The van der Waals surface area contributed by atoms with E-state index in [4.69, 9.17) is 14.4 Å². The molecule has 5 nitrogen and oxygen atoms in total. The monoisotopic (exact) mass is 718 g/mol. The van der Waals surface area contributed by atoms with Crippen LogP contribution in [0.3, 0.4) is 0 Å². The molecule has 0 saturated carbocycles. The molecule has 0 fully saturated rings. The van der Waals surface area contributed by atoms with Crippen LogP contribution in [-0.4, -0.2) is 16.2 Å². The van der Waals surface area contributed by atoms with Gasteiger partial charge >= 0.3 is 0 Å². The Balaban J connectivity index is 1.05. The van der Waals surface area contributed by atoms with Crippen LogP contribution in [0, 0.1) is 0 Å². The third-order valence-corrected chi connectivity index (χ3v) is 10.9. The van der Waals surface area contributed by atoms with Crippen molar-refractivity contribution < 1.29 is 4.42 Å². The number of aliphatic imine (C=N–C) groups is 2. The Hall–Kier alpha value is -7.50. The fourth-order valence-corrected chi connectivity index (χ4v) is 8.09. The predicted molar refractivity (Wildman–Crippen MR) is 231 cm³/mol. The van der Waals surface area contributed by atoms with Crippen molar-refractivity contribution in [3.63, 3.8) is 0 Å². The maximum Gasteiger partial charge on any atom is 0.159 e. The molecule has 0 bridgehead atoms. The van der Waals surface area contributed by atoms with E-state index in [1.54, 1.807) is 0 Å². The van der Waals surface area contributed by atoms with Gasteiger partial charge in [-0.05, 0) is 64.2 Å². The molecule has 2 aromatic heterocycles. The van der Waals surface area contributed by atoms with E-state index in [0.717, 1.165) is 61.2 Å². The standard InChI is InChI=1S/C51H34N4O/c1-5-13-33(14-6-1)37-21-25-41-42-26-22-38(34-15-7-2-8-16-34)30-46(42)55(45(41)29-37)40-24-28-44-43-27-23-39(31-47(43)56-48(44)32-40)51-53-49(35-17-9-3-10-18-35)52-50(54-51)36-19-11-4-12-20-36/h1-32,49H,(H,52,53,54). The van der Waals surface area contributed by atoms with Gasteiger partial charge in [0.2, 0.25) is 0 Å². The van der Waals surface area contributed by atoms with Gasteiger partial charge in [-0.2, -0.15) is 0 Å². The lowest BCUT2D eigenvalue weighted by atomic mass is 10.0. The highest BCUT2D eigenvalue weighted by Gasteiger charge is 2.22. The van der Waals surface area contributed by atoms with Crippen molar-refractivity contribution in [1.29, 1.82) is 0 Å². The van der Waals surface area contributed by atoms with E-state index in [2.05, 4.69) is 168 Å². The number of furan rings is 1. The second-order valence-corrected chi connectivity index (χ2v) is 14.3. The highest BCUT2D eigenvalue weighted by atomic mass is 16.3. The summed E-state index contributed by atoms with van der Waals surface area (Å²) in [5, 5.41) is 8.14. The molecule has 3 heterocycles. The summed E-state index contributed by atoms with van der Waals surface area (Å²) < 4.78 is 9.11. The topological polar surface area (TPSA) is 54.8 Å². The second kappa shape index (κ2) is 13.1. The zero-order valence-electron chi connectivity index (χ0n) is 30.3. The van der Waals surface area contributed by atoms with Crippen molar-refractivity contribution in [1.82, 2.24) is 9.88 Å². The zero-order chi connectivity index (χ0) is 37.0. The Morgan fingerprint density at radius 1 is 0.429 bits per heavy atom. The van der Waals surface area contributed by atoms with Crippen LogP contribution >= 0.6 is 0 Å². The number of benzene rings is 8. The molecular weight excluding hydrogens is 685 g/mol. The number of hydrogen-bond donors (Lipinski definition) is 1. The van der Waals surface area contributed by atoms with Crippen LogP contribution in [0.25, 0.3) is 71.7 Å². The van der Waals surface area contributed by atoms with E-state index in [9.17, 15) is 0 Å². The van der Waals surface area contributed by atoms with Crippen molar-refractivity contribution in [2.75, 3.05) is 0 Å². The molecular formula is C51H34N4O. The first-order valence-corrected chi connectivity index (χ1v) is 18.9. The van der Waals surface area contributed by atoms with Gasteiger partial charge in [-0.15, -0.1) is 0 Å². The van der Waals surface area contributed by atoms with Crippen LogP contribution in [0.2, 0.25) is 0 Å². The third kappa shape index (κ3) is 5.48. The van der Waals surface area contributed by atoms with Crippen molar-refractivity contribution >= 4 is 55.4 Å². The minimum Gasteiger partial charge on any atom is -0.456 e. The molecule has 5 heteroatoms. The minimum absolute atomic E-state index is 0.274. The molecule has 56 heavy (non-hydrogen) atoms. The van der Waals surface area contributed by atoms with Crippen molar-refractivity contribution in [3.05, 3.63) is 211 Å². The Morgan fingerprint density at radius 3 is 1.54 bits per heavy atom. The molecule has 10 aromatic rings. The summed E-state index contributed by atoms with van der Waals surface area (Å²) in [6, 6.07) is 68.2. The molecule has 1 aliphatic rings. The van der Waals surface area contributed by atoms with Crippen LogP contribution in [0.5, 0.6) is 0 Å². The zero-order valence-corrected chi connectivity index (χ0v) is 30.3. The highest BCUT2D eigenvalue weighted by molar-refractivity contribution is 6.15. The lowest BCUT2D eigenvalue weighted by Crippen LogP contribution is -2.33. The number of rotatable bonds is 6. The normalized spacial score (nSPS) is 14.2. The lowest BCUT2D eigenvalue weighted by Gasteiger charge is -2.23. The average molecular weight is 719 g/mol. The molecule has 8 aromatic carbocycles. The number of nitrogens with zero attached hydrogens (tertiary/aromatic N) is 3. The van der Waals surface area contributed by atoms with E-state index in [-0.39, 0.29) is 6.17 Å². The molecule has 264 valence electrons. The van der Waals surface area contributed by atoms with Gasteiger partial charge in [0.05, 0.1) is 11.0 Å². The quantitative estimate of drug-likeness (QED) is 0.186. The van der Waals surface area contributed by atoms with E-state index in [1.165, 1.54) is 33.0 Å². The number of fused-ring (bicyclic) bond motifs is 6. The first-order chi connectivity index (χ1) is 27.7. The van der Waals surface area contributed by atoms with Crippen molar-refractivity contribution in [3.8, 4) is 27.9 Å². The fraction of sp³-hybridized carbons (Fsp3) is 0.0196. The van der Waals surface area contributed by atoms with Crippen LogP contribution in [0.4, 0.5) is 0 Å². The Labute approximate surface area is 323 Å². The van der Waals surface area contributed by atoms with Gasteiger partial charge in [0.1, 0.15) is 23.2 Å². The molecule has 0 spiro atoms. The summed E-state index contributed by atoms with van der Waals surface area (Å²) in [6.07, 6.45) is -0.274. The predicted octanol–water partition coefficient (Wildman–Crippen LogP) is 12.5. The molecule has 0 saturated heterocycles. The Morgan fingerprint density at radius 2 is 0.929 bits per heavy atom. The maximum atomic E-state index is 6.73. The Kier molecular flexibility index (Phi) is 7.49. The van der Waals surface area contributed by atoms with E-state index in [0.29, 0.717) is 5.84 Å². The van der Waals surface area contributed by atoms with Crippen LogP contribution in [-0.2, 0) is 0 Å². The number of aromatic nitrogens is 1. The maximum absolute atomic E-state index is 6.73. The summed E-state index contributed by atoms with van der Waals surface area (Å²) in [6.45, 7) is 0. The Bertz CT molecular complexity index is 3050. The van der Waals surface area contributed by atoms with Crippen molar-refractivity contribution in [2.45, 2.75) is 6.17 Å². The number of amidine groups is 2. The molecule has 0 aliphatic carbocycles. The molecule has 11 rings (SSSR count). The smallest absolute Gasteiger partial charge is 0.159 e. The number of hydrogen-bond acceptors (Lipinski definition) is 4. The second-order valence-electron chi connectivity index (χ2n) is 14.3. The van der Waals surface area contributed by atoms with E-state index >= 15 is 0 Å². The summed E-state index contributed by atoms with van der Waals surface area (Å²) in [5.74, 6) is 1.45. The molecule has 1 atom stereocenters. The number of nitrogens with one attached hydrogen (secondary N) is 1. The largest absolute Gasteiger partial charge is 0.456 e.